The molecule has 6 nitrogen and oxygen atoms in total. The van der Waals surface area contributed by atoms with Crippen molar-refractivity contribution in [1.29, 1.82) is 0 Å². The van der Waals surface area contributed by atoms with Gasteiger partial charge in [0.1, 0.15) is 0 Å². The Balaban J connectivity index is 1.64. The largest absolute Gasteiger partial charge is 0.478 e. The number of hydrogen-bond acceptors (Lipinski definition) is 3. The summed E-state index contributed by atoms with van der Waals surface area (Å²) in [5.74, 6) is -1.71. The van der Waals surface area contributed by atoms with E-state index in [0.717, 1.165) is 5.56 Å². The maximum Gasteiger partial charge on any atom is 0.335 e. The summed E-state index contributed by atoms with van der Waals surface area (Å²) in [6.45, 7) is 2.33. The number of carbonyl (C=O) groups is 3. The molecule has 3 rings (SSSR count). The van der Waals surface area contributed by atoms with Gasteiger partial charge in [-0.25, -0.2) is 4.79 Å². The molecule has 1 aliphatic heterocycles. The van der Waals surface area contributed by atoms with Gasteiger partial charge in [-0.1, -0.05) is 30.3 Å². The zero-order valence-corrected chi connectivity index (χ0v) is 14.4. The number of aromatic carboxylic acids is 1. The minimum atomic E-state index is -1.02. The third-order valence-corrected chi connectivity index (χ3v) is 4.68. The van der Waals surface area contributed by atoms with Crippen LogP contribution in [0.1, 0.15) is 35.3 Å². The highest BCUT2D eigenvalue weighted by molar-refractivity contribution is 5.97. The Morgan fingerprint density at radius 3 is 2.38 bits per heavy atom. The molecular weight excluding hydrogens is 332 g/mol. The molecule has 0 unspecified atom stereocenters. The molecule has 0 aromatic heterocycles. The van der Waals surface area contributed by atoms with Gasteiger partial charge in [-0.15, -0.1) is 0 Å². The van der Waals surface area contributed by atoms with Gasteiger partial charge in [0, 0.05) is 18.7 Å². The van der Waals surface area contributed by atoms with E-state index in [1.54, 1.807) is 17.0 Å². The smallest absolute Gasteiger partial charge is 0.335 e. The van der Waals surface area contributed by atoms with Crippen molar-refractivity contribution >= 4 is 23.5 Å². The average Bonchev–Trinajstić information content (AvgIpc) is 3.04. The third kappa shape index (κ3) is 3.74. The lowest BCUT2D eigenvalue weighted by Crippen LogP contribution is -2.30. The number of carboxylic acid groups (broad SMARTS) is 1. The van der Waals surface area contributed by atoms with E-state index in [-0.39, 0.29) is 29.8 Å². The maximum absolute atomic E-state index is 12.5. The molecule has 2 aromatic carbocycles. The van der Waals surface area contributed by atoms with Crippen molar-refractivity contribution in [1.82, 2.24) is 4.90 Å². The van der Waals surface area contributed by atoms with Gasteiger partial charge in [0.2, 0.25) is 11.8 Å². The fourth-order valence-electron chi connectivity index (χ4n) is 3.13. The third-order valence-electron chi connectivity index (χ3n) is 4.68. The van der Waals surface area contributed by atoms with Crippen molar-refractivity contribution in [3.8, 4) is 0 Å². The Hall–Kier alpha value is -3.15. The molecule has 0 aliphatic carbocycles. The van der Waals surface area contributed by atoms with E-state index in [2.05, 4.69) is 5.32 Å². The molecule has 2 aromatic rings. The summed E-state index contributed by atoms with van der Waals surface area (Å²) < 4.78 is 0. The van der Waals surface area contributed by atoms with Gasteiger partial charge in [0.15, 0.2) is 0 Å². The molecular formula is C20H20N2O4. The number of carboxylic acids is 1. The number of carbonyl (C=O) groups excluding carboxylic acids is 2. The Morgan fingerprint density at radius 1 is 1.12 bits per heavy atom. The lowest BCUT2D eigenvalue weighted by atomic mass is 10.1. The number of rotatable bonds is 5. The quantitative estimate of drug-likeness (QED) is 0.866. The van der Waals surface area contributed by atoms with E-state index >= 15 is 0 Å². The van der Waals surface area contributed by atoms with Crippen molar-refractivity contribution in [3.63, 3.8) is 0 Å². The highest BCUT2D eigenvalue weighted by Crippen LogP contribution is 2.29. The second-order valence-electron chi connectivity index (χ2n) is 6.41. The highest BCUT2D eigenvalue weighted by Gasteiger charge is 2.37. The number of anilines is 1. The lowest BCUT2D eigenvalue weighted by Gasteiger charge is -2.25. The van der Waals surface area contributed by atoms with E-state index in [1.165, 1.54) is 12.1 Å². The van der Waals surface area contributed by atoms with Gasteiger partial charge < -0.3 is 15.3 Å². The van der Waals surface area contributed by atoms with Crippen molar-refractivity contribution in [2.45, 2.75) is 19.4 Å². The van der Waals surface area contributed by atoms with E-state index in [1.807, 2.05) is 37.3 Å². The van der Waals surface area contributed by atoms with Crippen LogP contribution in [-0.4, -0.2) is 34.3 Å². The number of hydrogen-bond donors (Lipinski definition) is 2. The topological polar surface area (TPSA) is 86.7 Å². The summed E-state index contributed by atoms with van der Waals surface area (Å²) in [5.41, 5.74) is 1.70. The van der Waals surface area contributed by atoms with Crippen molar-refractivity contribution in [3.05, 3.63) is 65.7 Å². The normalized spacial score (nSPS) is 17.8. The lowest BCUT2D eigenvalue weighted by molar-refractivity contribution is -0.129. The van der Waals surface area contributed by atoms with Gasteiger partial charge in [-0.3, -0.25) is 9.59 Å². The monoisotopic (exact) mass is 352 g/mol. The molecule has 134 valence electrons. The SMILES string of the molecule is C[C@H](c1ccccc1)N1C[C@@H](C(=O)Nc2ccc(C(=O)O)cc2)CC1=O. The van der Waals surface area contributed by atoms with Crippen LogP contribution in [-0.2, 0) is 9.59 Å². The number of likely N-dealkylation sites (tertiary alicyclic amines) is 1. The number of nitrogens with one attached hydrogen (secondary N) is 1. The molecule has 26 heavy (non-hydrogen) atoms. The van der Waals surface area contributed by atoms with Gasteiger partial charge in [-0.05, 0) is 36.8 Å². The van der Waals surface area contributed by atoms with Gasteiger partial charge in [0.25, 0.3) is 0 Å². The van der Waals surface area contributed by atoms with Crippen LogP contribution in [0.4, 0.5) is 5.69 Å². The van der Waals surface area contributed by atoms with E-state index in [9.17, 15) is 14.4 Å². The van der Waals surface area contributed by atoms with Crippen molar-refractivity contribution in [2.24, 2.45) is 5.92 Å². The predicted molar refractivity (Wildman–Crippen MR) is 96.7 cm³/mol. The zero-order valence-electron chi connectivity index (χ0n) is 14.4. The highest BCUT2D eigenvalue weighted by atomic mass is 16.4. The molecule has 1 fully saturated rings. The van der Waals surface area contributed by atoms with Crippen molar-refractivity contribution < 1.29 is 19.5 Å². The minimum Gasteiger partial charge on any atom is -0.478 e. The predicted octanol–water partition coefficient (Wildman–Crippen LogP) is 2.93. The first-order chi connectivity index (χ1) is 12.5. The Bertz CT molecular complexity index is 817. The second-order valence-corrected chi connectivity index (χ2v) is 6.41. The first-order valence-corrected chi connectivity index (χ1v) is 8.44. The Labute approximate surface area is 151 Å². The van der Waals surface area contributed by atoms with Crippen LogP contribution < -0.4 is 5.32 Å². The zero-order chi connectivity index (χ0) is 18.7. The van der Waals surface area contributed by atoms with Crippen LogP contribution in [0.3, 0.4) is 0 Å². The Morgan fingerprint density at radius 2 is 1.77 bits per heavy atom. The average molecular weight is 352 g/mol. The summed E-state index contributed by atoms with van der Waals surface area (Å²) in [4.78, 5) is 37.4. The van der Waals surface area contributed by atoms with Gasteiger partial charge in [-0.2, -0.15) is 0 Å². The number of nitrogens with zero attached hydrogens (tertiary/aromatic N) is 1. The maximum atomic E-state index is 12.5. The molecule has 6 heteroatoms. The number of benzene rings is 2. The van der Waals surface area contributed by atoms with Gasteiger partial charge in [0.05, 0.1) is 17.5 Å². The second kappa shape index (κ2) is 7.39. The molecule has 1 aliphatic rings. The molecule has 0 bridgehead atoms. The van der Waals surface area contributed by atoms with Crippen LogP contribution in [0, 0.1) is 5.92 Å². The van der Waals surface area contributed by atoms with Crippen LogP contribution in [0.2, 0.25) is 0 Å². The fourth-order valence-corrected chi connectivity index (χ4v) is 3.13. The van der Waals surface area contributed by atoms with Crippen LogP contribution in [0.25, 0.3) is 0 Å². The first kappa shape index (κ1) is 17.7. The fraction of sp³-hybridized carbons (Fsp3) is 0.250. The van der Waals surface area contributed by atoms with Crippen LogP contribution in [0.15, 0.2) is 54.6 Å². The summed E-state index contributed by atoms with van der Waals surface area (Å²) in [7, 11) is 0. The summed E-state index contributed by atoms with van der Waals surface area (Å²) in [6.07, 6.45) is 0.177. The summed E-state index contributed by atoms with van der Waals surface area (Å²) >= 11 is 0. The molecule has 2 atom stereocenters. The summed E-state index contributed by atoms with van der Waals surface area (Å²) in [6, 6.07) is 15.6. The Kier molecular flexibility index (Phi) is 5.02. The minimum absolute atomic E-state index is 0.0391. The summed E-state index contributed by atoms with van der Waals surface area (Å²) in [5, 5.41) is 11.7. The molecule has 2 amide bonds. The molecule has 1 saturated heterocycles. The van der Waals surface area contributed by atoms with E-state index < -0.39 is 11.9 Å². The molecule has 0 spiro atoms. The van der Waals surface area contributed by atoms with Crippen LogP contribution in [0.5, 0.6) is 0 Å². The molecule has 1 heterocycles. The molecule has 0 radical (unpaired) electrons. The first-order valence-electron chi connectivity index (χ1n) is 8.44. The van der Waals surface area contributed by atoms with Gasteiger partial charge >= 0.3 is 5.97 Å². The van der Waals surface area contributed by atoms with E-state index in [4.69, 9.17) is 5.11 Å². The molecule has 2 N–H and O–H groups in total. The molecule has 0 saturated carbocycles. The van der Waals surface area contributed by atoms with Crippen LogP contribution >= 0.6 is 0 Å². The standard InChI is InChI=1S/C20H20N2O4/c1-13(14-5-3-2-4-6-14)22-12-16(11-18(22)23)19(24)21-17-9-7-15(8-10-17)20(25)26/h2-10,13,16H,11-12H2,1H3,(H,21,24)(H,25,26)/t13-,16+/m1/s1. The van der Waals surface area contributed by atoms with E-state index in [0.29, 0.717) is 12.2 Å². The number of amides is 2. The van der Waals surface area contributed by atoms with Crippen molar-refractivity contribution in [2.75, 3.05) is 11.9 Å².